The molecule has 3 nitrogen and oxygen atoms in total. The third kappa shape index (κ3) is 4.12. The zero-order valence-corrected chi connectivity index (χ0v) is 14.6. The van der Waals surface area contributed by atoms with E-state index in [-0.39, 0.29) is 0 Å². The molecule has 0 spiro atoms. The Morgan fingerprint density at radius 2 is 2.20 bits per heavy atom. The third-order valence-corrected chi connectivity index (χ3v) is 5.90. The van der Waals surface area contributed by atoms with Crippen LogP contribution in [0.5, 0.6) is 0 Å². The van der Waals surface area contributed by atoms with Gasteiger partial charge in [0.15, 0.2) is 5.13 Å². The quantitative estimate of drug-likeness (QED) is 0.779. The topological polar surface area (TPSA) is 28.2 Å². The van der Waals surface area contributed by atoms with Gasteiger partial charge in [0.05, 0.1) is 5.69 Å². The summed E-state index contributed by atoms with van der Waals surface area (Å²) < 4.78 is 0. The van der Waals surface area contributed by atoms with Gasteiger partial charge in [0, 0.05) is 35.5 Å². The van der Waals surface area contributed by atoms with Crippen LogP contribution in [0.3, 0.4) is 0 Å². The summed E-state index contributed by atoms with van der Waals surface area (Å²) in [6.07, 6.45) is 3.47. The van der Waals surface area contributed by atoms with Crippen LogP contribution >= 0.6 is 23.1 Å². The monoisotopic (exact) mass is 313 g/mol. The molecule has 2 rings (SSSR count). The first kappa shape index (κ1) is 16.1. The number of nitrogens with one attached hydrogen (secondary N) is 1. The summed E-state index contributed by atoms with van der Waals surface area (Å²) in [6.45, 7) is 10.00. The van der Waals surface area contributed by atoms with Crippen LogP contribution in [0.15, 0.2) is 0 Å². The normalized spacial score (nSPS) is 19.6. The van der Waals surface area contributed by atoms with Crippen molar-refractivity contribution in [1.82, 2.24) is 10.3 Å². The molecule has 0 bridgehead atoms. The molecular weight excluding hydrogens is 286 g/mol. The molecule has 20 heavy (non-hydrogen) atoms. The van der Waals surface area contributed by atoms with Gasteiger partial charge in [-0.25, -0.2) is 4.98 Å². The van der Waals surface area contributed by atoms with Crippen LogP contribution in [0.2, 0.25) is 0 Å². The van der Waals surface area contributed by atoms with E-state index in [1.807, 2.05) is 11.3 Å². The Hall–Kier alpha value is -0.260. The molecule has 0 radical (unpaired) electrons. The Kier molecular flexibility index (Phi) is 6.65. The number of aryl methyl sites for hydroxylation is 1. The third-order valence-electron chi connectivity index (χ3n) is 3.58. The summed E-state index contributed by atoms with van der Waals surface area (Å²) in [4.78, 5) is 8.90. The number of hydrogen-bond donors (Lipinski definition) is 1. The number of hydrogen-bond acceptors (Lipinski definition) is 5. The molecule has 1 aliphatic rings. The Labute approximate surface area is 131 Å². The van der Waals surface area contributed by atoms with E-state index in [1.165, 1.54) is 40.0 Å². The van der Waals surface area contributed by atoms with Crippen molar-refractivity contribution >= 4 is 28.2 Å². The Morgan fingerprint density at radius 1 is 1.35 bits per heavy atom. The number of nitrogens with zero attached hydrogens (tertiary/aromatic N) is 2. The first-order chi connectivity index (χ1) is 9.76. The minimum atomic E-state index is 0.617. The van der Waals surface area contributed by atoms with Crippen molar-refractivity contribution in [3.8, 4) is 0 Å². The Bertz CT molecular complexity index is 406. The zero-order chi connectivity index (χ0) is 14.4. The fraction of sp³-hybridized carbons (Fsp3) is 0.800. The van der Waals surface area contributed by atoms with Crippen molar-refractivity contribution in [2.45, 2.75) is 52.6 Å². The van der Waals surface area contributed by atoms with E-state index in [1.54, 1.807) is 0 Å². The second-order valence-electron chi connectivity index (χ2n) is 5.41. The maximum Gasteiger partial charge on any atom is 0.186 e. The van der Waals surface area contributed by atoms with E-state index < -0.39 is 0 Å². The SMILES string of the molecule is CCCNCc1sc(N2CCSCC2C)nc1CCC. The number of aromatic nitrogens is 1. The van der Waals surface area contributed by atoms with Crippen molar-refractivity contribution in [3.05, 3.63) is 10.6 Å². The predicted molar refractivity (Wildman–Crippen MR) is 92.2 cm³/mol. The lowest BCUT2D eigenvalue weighted by Crippen LogP contribution is -2.40. The molecule has 5 heteroatoms. The lowest BCUT2D eigenvalue weighted by Gasteiger charge is -2.32. The molecule has 1 aromatic rings. The van der Waals surface area contributed by atoms with Crippen molar-refractivity contribution in [3.63, 3.8) is 0 Å². The molecule has 2 heterocycles. The smallest absolute Gasteiger partial charge is 0.186 e. The summed E-state index contributed by atoms with van der Waals surface area (Å²) in [5.41, 5.74) is 1.32. The molecule has 1 aliphatic heterocycles. The minimum absolute atomic E-state index is 0.617. The summed E-state index contributed by atoms with van der Waals surface area (Å²) >= 11 is 3.97. The molecule has 1 aromatic heterocycles. The lowest BCUT2D eigenvalue weighted by molar-refractivity contribution is 0.673. The summed E-state index contributed by atoms with van der Waals surface area (Å²) in [5.74, 6) is 2.46. The maximum absolute atomic E-state index is 4.95. The minimum Gasteiger partial charge on any atom is -0.344 e. The van der Waals surface area contributed by atoms with Gasteiger partial charge in [-0.3, -0.25) is 0 Å². The second-order valence-corrected chi connectivity index (χ2v) is 7.62. The second kappa shape index (κ2) is 8.25. The molecule has 0 amide bonds. The van der Waals surface area contributed by atoms with Gasteiger partial charge in [-0.1, -0.05) is 20.3 Å². The highest BCUT2D eigenvalue weighted by molar-refractivity contribution is 7.99. The highest BCUT2D eigenvalue weighted by Gasteiger charge is 2.23. The summed E-state index contributed by atoms with van der Waals surface area (Å²) in [6, 6.07) is 0.617. The van der Waals surface area contributed by atoms with Crippen LogP contribution in [-0.2, 0) is 13.0 Å². The molecule has 0 aromatic carbocycles. The van der Waals surface area contributed by atoms with Crippen molar-refractivity contribution in [2.24, 2.45) is 0 Å². The maximum atomic E-state index is 4.95. The van der Waals surface area contributed by atoms with E-state index >= 15 is 0 Å². The standard InChI is InChI=1S/C15H27N3S2/c1-4-6-13-14(10-16-7-5-2)20-15(17-13)18-8-9-19-11-12(18)3/h12,16H,4-11H2,1-3H3. The number of rotatable bonds is 7. The molecule has 1 unspecified atom stereocenters. The fourth-order valence-electron chi connectivity index (χ4n) is 2.45. The summed E-state index contributed by atoms with van der Waals surface area (Å²) in [5, 5.41) is 4.77. The molecule has 1 fully saturated rings. The predicted octanol–water partition coefficient (Wildman–Crippen LogP) is 3.54. The largest absolute Gasteiger partial charge is 0.344 e. The molecule has 1 saturated heterocycles. The number of thiazole rings is 1. The van der Waals surface area contributed by atoms with Crippen LogP contribution < -0.4 is 10.2 Å². The van der Waals surface area contributed by atoms with Gasteiger partial charge in [-0.2, -0.15) is 11.8 Å². The Balaban J connectivity index is 2.10. The number of thioether (sulfide) groups is 1. The van der Waals surface area contributed by atoms with E-state index in [0.29, 0.717) is 6.04 Å². The van der Waals surface area contributed by atoms with Crippen LogP contribution in [0.25, 0.3) is 0 Å². The van der Waals surface area contributed by atoms with Crippen LogP contribution in [0.1, 0.15) is 44.2 Å². The fourth-order valence-corrected chi connectivity index (χ4v) is 4.67. The van der Waals surface area contributed by atoms with Crippen molar-refractivity contribution in [2.75, 3.05) is 29.5 Å². The van der Waals surface area contributed by atoms with Gasteiger partial charge in [0.1, 0.15) is 0 Å². The van der Waals surface area contributed by atoms with Gasteiger partial charge < -0.3 is 10.2 Å². The van der Waals surface area contributed by atoms with Crippen LogP contribution in [0, 0.1) is 0 Å². The van der Waals surface area contributed by atoms with Crippen LogP contribution in [-0.4, -0.2) is 35.6 Å². The highest BCUT2D eigenvalue weighted by atomic mass is 32.2. The molecule has 0 aliphatic carbocycles. The lowest BCUT2D eigenvalue weighted by atomic mass is 10.2. The summed E-state index contributed by atoms with van der Waals surface area (Å²) in [7, 11) is 0. The van der Waals surface area contributed by atoms with E-state index in [4.69, 9.17) is 4.98 Å². The first-order valence-electron chi connectivity index (χ1n) is 7.79. The molecular formula is C15H27N3S2. The van der Waals surface area contributed by atoms with Gasteiger partial charge in [-0.15, -0.1) is 11.3 Å². The molecule has 1 N–H and O–H groups in total. The van der Waals surface area contributed by atoms with Crippen molar-refractivity contribution in [1.29, 1.82) is 0 Å². The van der Waals surface area contributed by atoms with E-state index in [9.17, 15) is 0 Å². The van der Waals surface area contributed by atoms with Gasteiger partial charge in [0.2, 0.25) is 0 Å². The Morgan fingerprint density at radius 3 is 2.90 bits per heavy atom. The number of anilines is 1. The van der Waals surface area contributed by atoms with Gasteiger partial charge in [0.25, 0.3) is 0 Å². The van der Waals surface area contributed by atoms with Gasteiger partial charge in [-0.05, 0) is 26.3 Å². The molecule has 0 saturated carbocycles. The molecule has 114 valence electrons. The van der Waals surface area contributed by atoms with Gasteiger partial charge >= 0.3 is 0 Å². The van der Waals surface area contributed by atoms with Crippen LogP contribution in [0.4, 0.5) is 5.13 Å². The zero-order valence-electron chi connectivity index (χ0n) is 12.9. The average Bonchev–Trinajstić information content (AvgIpc) is 2.83. The van der Waals surface area contributed by atoms with Crippen molar-refractivity contribution < 1.29 is 0 Å². The molecule has 1 atom stereocenters. The highest BCUT2D eigenvalue weighted by Crippen LogP contribution is 2.31. The first-order valence-corrected chi connectivity index (χ1v) is 9.77. The van der Waals surface area contributed by atoms with E-state index in [0.717, 1.165) is 26.1 Å². The van der Waals surface area contributed by atoms with E-state index in [2.05, 4.69) is 42.7 Å². The average molecular weight is 314 g/mol.